The Morgan fingerprint density at radius 1 is 1.25 bits per heavy atom. The molecule has 3 aromatic heterocycles. The molecule has 172 valence electrons. The monoisotopic (exact) mass is 491 g/mol. The number of likely N-dealkylation sites (N-methyl/N-ethyl adjacent to an activating group) is 1. The highest BCUT2D eigenvalue weighted by atomic mass is 32.2. The molecule has 32 heavy (non-hydrogen) atoms. The van der Waals surface area contributed by atoms with Crippen LogP contribution in [0, 0.1) is 6.92 Å². The SMILES string of the molecule is Cc1cc(S(=O)(=O)Cc2cscn2)ncc1N(C)[C@H]1CCN(Cc2csc(C(C)C)n2)C1. The molecule has 1 aliphatic rings. The number of hydrogen-bond donors (Lipinski definition) is 0. The average Bonchev–Trinajstić information content (AvgIpc) is 3.50. The summed E-state index contributed by atoms with van der Waals surface area (Å²) < 4.78 is 25.5. The van der Waals surface area contributed by atoms with Gasteiger partial charge in [-0.25, -0.2) is 23.4 Å². The fraction of sp³-hybridized carbons (Fsp3) is 0.500. The highest BCUT2D eigenvalue weighted by Crippen LogP contribution is 2.28. The molecule has 3 aromatic rings. The Bertz CT molecular complexity index is 1160. The number of aryl methyl sites for hydroxylation is 1. The van der Waals surface area contributed by atoms with E-state index in [0.717, 1.165) is 43.0 Å². The fourth-order valence-corrected chi connectivity index (χ4v) is 6.75. The Morgan fingerprint density at radius 3 is 2.72 bits per heavy atom. The Balaban J connectivity index is 1.41. The molecule has 7 nitrogen and oxygen atoms in total. The van der Waals surface area contributed by atoms with E-state index in [1.165, 1.54) is 16.3 Å². The van der Waals surface area contributed by atoms with Gasteiger partial charge in [0.25, 0.3) is 0 Å². The smallest absolute Gasteiger partial charge is 0.201 e. The van der Waals surface area contributed by atoms with Gasteiger partial charge in [0.1, 0.15) is 0 Å². The summed E-state index contributed by atoms with van der Waals surface area (Å²) in [5, 5.41) is 5.23. The van der Waals surface area contributed by atoms with Gasteiger partial charge in [-0.2, -0.15) is 0 Å². The first-order valence-corrected chi connectivity index (χ1v) is 14.2. The van der Waals surface area contributed by atoms with Crippen LogP contribution in [0.1, 0.15) is 48.1 Å². The Kier molecular flexibility index (Phi) is 6.94. The van der Waals surface area contributed by atoms with Crippen molar-refractivity contribution in [1.82, 2.24) is 19.9 Å². The molecule has 0 spiro atoms. The van der Waals surface area contributed by atoms with Gasteiger partial charge in [0, 0.05) is 49.4 Å². The van der Waals surface area contributed by atoms with Gasteiger partial charge in [0.05, 0.1) is 39.5 Å². The summed E-state index contributed by atoms with van der Waals surface area (Å²) in [4.78, 5) is 17.8. The molecule has 1 aliphatic heterocycles. The zero-order chi connectivity index (χ0) is 22.9. The molecule has 1 atom stereocenters. The molecular formula is C22H29N5O2S3. The third-order valence-corrected chi connectivity index (χ3v) is 9.19. The van der Waals surface area contributed by atoms with Crippen molar-refractivity contribution in [3.05, 3.63) is 50.5 Å². The molecule has 0 amide bonds. The number of nitrogens with zero attached hydrogens (tertiary/aromatic N) is 5. The van der Waals surface area contributed by atoms with Crippen LogP contribution >= 0.6 is 22.7 Å². The van der Waals surface area contributed by atoms with Crippen molar-refractivity contribution in [2.45, 2.75) is 56.5 Å². The molecule has 0 N–H and O–H groups in total. The van der Waals surface area contributed by atoms with Gasteiger partial charge >= 0.3 is 0 Å². The zero-order valence-electron chi connectivity index (χ0n) is 18.9. The Hall–Kier alpha value is -1.88. The van der Waals surface area contributed by atoms with Crippen LogP contribution in [-0.2, 0) is 22.1 Å². The molecular weight excluding hydrogens is 462 g/mol. The average molecular weight is 492 g/mol. The summed E-state index contributed by atoms with van der Waals surface area (Å²) in [5.74, 6) is 0.347. The zero-order valence-corrected chi connectivity index (χ0v) is 21.3. The molecule has 0 unspecified atom stereocenters. The molecule has 0 aliphatic carbocycles. The second-order valence-corrected chi connectivity index (χ2v) is 12.2. The maximum atomic E-state index is 12.7. The van der Waals surface area contributed by atoms with Crippen molar-refractivity contribution in [3.63, 3.8) is 0 Å². The van der Waals surface area contributed by atoms with E-state index in [-0.39, 0.29) is 10.8 Å². The molecule has 0 radical (unpaired) electrons. The van der Waals surface area contributed by atoms with Gasteiger partial charge in [0.2, 0.25) is 9.84 Å². The van der Waals surface area contributed by atoms with Crippen molar-refractivity contribution in [2.75, 3.05) is 25.0 Å². The normalized spacial score (nSPS) is 17.3. The molecule has 0 bridgehead atoms. The quantitative estimate of drug-likeness (QED) is 0.469. The number of thiazole rings is 2. The van der Waals surface area contributed by atoms with Gasteiger partial charge in [-0.05, 0) is 25.0 Å². The molecule has 1 saturated heterocycles. The summed E-state index contributed by atoms with van der Waals surface area (Å²) in [6.45, 7) is 9.15. The van der Waals surface area contributed by atoms with Crippen LogP contribution in [0.5, 0.6) is 0 Å². The van der Waals surface area contributed by atoms with E-state index < -0.39 is 9.84 Å². The van der Waals surface area contributed by atoms with Crippen LogP contribution < -0.4 is 4.90 Å². The summed E-state index contributed by atoms with van der Waals surface area (Å²) in [5.41, 5.74) is 5.24. The minimum atomic E-state index is -3.51. The number of sulfone groups is 1. The highest BCUT2D eigenvalue weighted by molar-refractivity contribution is 7.90. The first kappa shape index (κ1) is 23.3. The van der Waals surface area contributed by atoms with E-state index in [0.29, 0.717) is 17.7 Å². The maximum Gasteiger partial charge on any atom is 0.201 e. The Labute approximate surface area is 198 Å². The van der Waals surface area contributed by atoms with E-state index in [1.807, 2.05) is 6.92 Å². The predicted molar refractivity (Wildman–Crippen MR) is 130 cm³/mol. The van der Waals surface area contributed by atoms with E-state index in [9.17, 15) is 8.42 Å². The predicted octanol–water partition coefficient (Wildman–Crippen LogP) is 4.11. The molecule has 1 fully saturated rings. The van der Waals surface area contributed by atoms with Crippen molar-refractivity contribution in [2.24, 2.45) is 0 Å². The summed E-state index contributed by atoms with van der Waals surface area (Å²) in [7, 11) is -1.44. The number of pyridine rings is 1. The molecule has 10 heteroatoms. The van der Waals surface area contributed by atoms with E-state index in [4.69, 9.17) is 4.98 Å². The first-order valence-electron chi connectivity index (χ1n) is 10.7. The number of rotatable bonds is 8. The number of hydrogen-bond acceptors (Lipinski definition) is 9. The third-order valence-electron chi connectivity index (χ3n) is 5.82. The fourth-order valence-electron chi connectivity index (χ4n) is 4.00. The van der Waals surface area contributed by atoms with Gasteiger partial charge in [-0.1, -0.05) is 13.8 Å². The molecule has 0 saturated carbocycles. The third kappa shape index (κ3) is 5.19. The van der Waals surface area contributed by atoms with Crippen molar-refractivity contribution in [3.8, 4) is 0 Å². The summed E-state index contributed by atoms with van der Waals surface area (Å²) in [6.07, 6.45) is 2.75. The van der Waals surface area contributed by atoms with E-state index >= 15 is 0 Å². The summed E-state index contributed by atoms with van der Waals surface area (Å²) >= 11 is 3.13. The van der Waals surface area contributed by atoms with Crippen LogP contribution in [-0.4, -0.2) is 54.4 Å². The van der Waals surface area contributed by atoms with Crippen LogP contribution in [0.2, 0.25) is 0 Å². The standard InChI is InChI=1S/C22H29N5O2S3/c1-15(2)22-25-17(12-31-22)9-27-6-5-19(10-27)26(4)20-8-23-21(7-16(20)3)32(28,29)13-18-11-30-14-24-18/h7-8,11-12,14-15,19H,5-6,9-10,13H2,1-4H3/t19-/m0/s1. The van der Waals surface area contributed by atoms with Crippen molar-refractivity contribution < 1.29 is 8.42 Å². The number of anilines is 1. The van der Waals surface area contributed by atoms with Crippen molar-refractivity contribution >= 4 is 38.2 Å². The summed E-state index contributed by atoms with van der Waals surface area (Å²) in [6, 6.07) is 2.04. The van der Waals surface area contributed by atoms with Crippen LogP contribution in [0.15, 0.2) is 33.6 Å². The van der Waals surface area contributed by atoms with Gasteiger partial charge < -0.3 is 4.90 Å². The second-order valence-electron chi connectivity index (χ2n) is 8.67. The number of aromatic nitrogens is 3. The maximum absolute atomic E-state index is 12.7. The largest absolute Gasteiger partial charge is 0.369 e. The lowest BCUT2D eigenvalue weighted by Gasteiger charge is -2.28. The van der Waals surface area contributed by atoms with Crippen molar-refractivity contribution in [1.29, 1.82) is 0 Å². The lowest BCUT2D eigenvalue weighted by molar-refractivity contribution is 0.322. The molecule has 4 rings (SSSR count). The van der Waals surface area contributed by atoms with Crippen LogP contribution in [0.3, 0.4) is 0 Å². The minimum Gasteiger partial charge on any atom is -0.369 e. The van der Waals surface area contributed by atoms with Crippen LogP contribution in [0.4, 0.5) is 5.69 Å². The van der Waals surface area contributed by atoms with Gasteiger partial charge in [-0.15, -0.1) is 22.7 Å². The van der Waals surface area contributed by atoms with Gasteiger partial charge in [0.15, 0.2) is 5.03 Å². The van der Waals surface area contributed by atoms with E-state index in [1.54, 1.807) is 34.5 Å². The topological polar surface area (TPSA) is 79.3 Å². The molecule has 4 heterocycles. The lowest BCUT2D eigenvalue weighted by Crippen LogP contribution is -2.35. The second kappa shape index (κ2) is 9.54. The number of likely N-dealkylation sites (tertiary alicyclic amines) is 1. The van der Waals surface area contributed by atoms with E-state index in [2.05, 4.69) is 46.0 Å². The van der Waals surface area contributed by atoms with Crippen LogP contribution in [0.25, 0.3) is 0 Å². The first-order chi connectivity index (χ1) is 15.2. The minimum absolute atomic E-state index is 0.109. The Morgan fingerprint density at radius 2 is 2.06 bits per heavy atom. The van der Waals surface area contributed by atoms with Gasteiger partial charge in [-0.3, -0.25) is 4.90 Å². The lowest BCUT2D eigenvalue weighted by atomic mass is 10.1. The highest BCUT2D eigenvalue weighted by Gasteiger charge is 2.28. The molecule has 0 aromatic carbocycles.